The van der Waals surface area contributed by atoms with Crippen molar-refractivity contribution in [3.63, 3.8) is 0 Å². The first-order valence-electron chi connectivity index (χ1n) is 7.70. The van der Waals surface area contributed by atoms with Crippen LogP contribution in [0.5, 0.6) is 0 Å². The molecular formula is C18H21BrN2O3. The van der Waals surface area contributed by atoms with Crippen molar-refractivity contribution in [2.75, 3.05) is 11.9 Å². The molecular weight excluding hydrogens is 372 g/mol. The highest BCUT2D eigenvalue weighted by atomic mass is 79.9. The molecule has 1 heterocycles. The molecule has 0 saturated carbocycles. The van der Waals surface area contributed by atoms with Gasteiger partial charge in [-0.3, -0.25) is 4.79 Å². The second kappa shape index (κ2) is 7.66. The van der Waals surface area contributed by atoms with Crippen LogP contribution in [0.2, 0.25) is 0 Å². The Morgan fingerprint density at radius 2 is 1.83 bits per heavy atom. The molecule has 0 fully saturated rings. The molecule has 2 rings (SSSR count). The number of halogens is 1. The fourth-order valence-electron chi connectivity index (χ4n) is 2.72. The molecule has 1 aromatic carbocycles. The molecule has 0 spiro atoms. The van der Waals surface area contributed by atoms with Crippen LogP contribution in [0.3, 0.4) is 0 Å². The largest absolute Gasteiger partial charge is 0.452 e. The van der Waals surface area contributed by atoms with Crippen molar-refractivity contribution in [2.24, 2.45) is 0 Å². The standard InChI is InChI=1S/C18H21BrN2O3/c1-11(2)21-12(3)9-16(13(21)4)18(23)24-10-17(22)20-15-7-5-14(19)6-8-15/h5-9,11H,10H2,1-4H3,(H,20,22). The van der Waals surface area contributed by atoms with E-state index in [-0.39, 0.29) is 18.6 Å². The number of esters is 1. The van der Waals surface area contributed by atoms with Crippen molar-refractivity contribution < 1.29 is 14.3 Å². The SMILES string of the molecule is Cc1cc(C(=O)OCC(=O)Nc2ccc(Br)cc2)c(C)n1C(C)C. The molecule has 0 atom stereocenters. The number of aryl methyl sites for hydroxylation is 1. The highest BCUT2D eigenvalue weighted by Gasteiger charge is 2.19. The maximum atomic E-state index is 12.2. The fourth-order valence-corrected chi connectivity index (χ4v) is 2.98. The van der Waals surface area contributed by atoms with E-state index in [1.807, 2.05) is 26.0 Å². The smallest absolute Gasteiger partial charge is 0.340 e. The molecule has 6 heteroatoms. The van der Waals surface area contributed by atoms with Crippen molar-refractivity contribution in [1.82, 2.24) is 4.57 Å². The van der Waals surface area contributed by atoms with E-state index in [4.69, 9.17) is 4.74 Å². The third-order valence-corrected chi connectivity index (χ3v) is 4.21. The van der Waals surface area contributed by atoms with Gasteiger partial charge in [-0.05, 0) is 58.0 Å². The summed E-state index contributed by atoms with van der Waals surface area (Å²) in [4.78, 5) is 24.1. The molecule has 0 aliphatic carbocycles. The summed E-state index contributed by atoms with van der Waals surface area (Å²) < 4.78 is 8.13. The van der Waals surface area contributed by atoms with Crippen LogP contribution in [0.1, 0.15) is 41.6 Å². The Morgan fingerprint density at radius 3 is 2.38 bits per heavy atom. The number of carbonyl (C=O) groups is 2. The van der Waals surface area contributed by atoms with Crippen molar-refractivity contribution in [1.29, 1.82) is 0 Å². The summed E-state index contributed by atoms with van der Waals surface area (Å²) >= 11 is 3.33. The van der Waals surface area contributed by atoms with Crippen molar-refractivity contribution in [2.45, 2.75) is 33.7 Å². The average Bonchev–Trinajstić information content (AvgIpc) is 2.82. The Balaban J connectivity index is 1.97. The van der Waals surface area contributed by atoms with Gasteiger partial charge in [0.05, 0.1) is 5.56 Å². The molecule has 0 saturated heterocycles. The minimum atomic E-state index is -0.485. The number of benzene rings is 1. The first-order chi connectivity index (χ1) is 11.3. The number of anilines is 1. The number of nitrogens with zero attached hydrogens (tertiary/aromatic N) is 1. The van der Waals surface area contributed by atoms with Gasteiger partial charge in [0, 0.05) is 27.6 Å². The Labute approximate surface area is 150 Å². The van der Waals surface area contributed by atoms with Gasteiger partial charge in [0.1, 0.15) is 0 Å². The van der Waals surface area contributed by atoms with E-state index < -0.39 is 5.97 Å². The highest BCUT2D eigenvalue weighted by Crippen LogP contribution is 2.21. The maximum Gasteiger partial charge on any atom is 0.340 e. The minimum absolute atomic E-state index is 0.257. The van der Waals surface area contributed by atoms with Crippen LogP contribution >= 0.6 is 15.9 Å². The fraction of sp³-hybridized carbons (Fsp3) is 0.333. The van der Waals surface area contributed by atoms with Crippen molar-refractivity contribution >= 4 is 33.5 Å². The molecule has 0 aliphatic heterocycles. The second-order valence-electron chi connectivity index (χ2n) is 5.88. The molecule has 2 aromatic rings. The lowest BCUT2D eigenvalue weighted by atomic mass is 10.2. The molecule has 1 aromatic heterocycles. The van der Waals surface area contributed by atoms with Crippen molar-refractivity contribution in [3.05, 3.63) is 51.8 Å². The molecule has 24 heavy (non-hydrogen) atoms. The van der Waals surface area contributed by atoms with Crippen LogP contribution in [-0.2, 0) is 9.53 Å². The van der Waals surface area contributed by atoms with Gasteiger partial charge in [-0.2, -0.15) is 0 Å². The van der Waals surface area contributed by atoms with Crippen LogP contribution in [0, 0.1) is 13.8 Å². The van der Waals surface area contributed by atoms with E-state index in [1.54, 1.807) is 18.2 Å². The van der Waals surface area contributed by atoms with Gasteiger partial charge in [0.2, 0.25) is 0 Å². The monoisotopic (exact) mass is 392 g/mol. The van der Waals surface area contributed by atoms with E-state index in [0.29, 0.717) is 11.3 Å². The van der Waals surface area contributed by atoms with Crippen LogP contribution in [-0.4, -0.2) is 23.1 Å². The summed E-state index contributed by atoms with van der Waals surface area (Å²) in [5.74, 6) is -0.857. The first-order valence-corrected chi connectivity index (χ1v) is 8.50. The zero-order valence-corrected chi connectivity index (χ0v) is 15.8. The molecule has 1 amide bonds. The summed E-state index contributed by atoms with van der Waals surface area (Å²) in [6.45, 7) is 7.62. The lowest BCUT2D eigenvalue weighted by Crippen LogP contribution is -2.21. The third kappa shape index (κ3) is 4.26. The summed E-state index contributed by atoms with van der Waals surface area (Å²) in [6, 6.07) is 9.22. The number of hydrogen-bond donors (Lipinski definition) is 1. The Bertz CT molecular complexity index is 748. The number of hydrogen-bond acceptors (Lipinski definition) is 3. The van der Waals surface area contributed by atoms with E-state index in [9.17, 15) is 9.59 Å². The van der Waals surface area contributed by atoms with E-state index in [2.05, 4.69) is 39.7 Å². The molecule has 0 unspecified atom stereocenters. The van der Waals surface area contributed by atoms with Gasteiger partial charge in [0.25, 0.3) is 5.91 Å². The van der Waals surface area contributed by atoms with Gasteiger partial charge >= 0.3 is 5.97 Å². The normalized spacial score (nSPS) is 10.8. The van der Waals surface area contributed by atoms with E-state index in [0.717, 1.165) is 15.9 Å². The number of amides is 1. The number of carbonyl (C=O) groups excluding carboxylic acids is 2. The average molecular weight is 393 g/mol. The summed E-state index contributed by atoms with van der Waals surface area (Å²) in [6.07, 6.45) is 0. The Morgan fingerprint density at radius 1 is 1.21 bits per heavy atom. The highest BCUT2D eigenvalue weighted by molar-refractivity contribution is 9.10. The lowest BCUT2D eigenvalue weighted by molar-refractivity contribution is -0.119. The van der Waals surface area contributed by atoms with Crippen LogP contribution in [0.4, 0.5) is 5.69 Å². The quantitative estimate of drug-likeness (QED) is 0.773. The van der Waals surface area contributed by atoms with Crippen molar-refractivity contribution in [3.8, 4) is 0 Å². The van der Waals surface area contributed by atoms with E-state index >= 15 is 0 Å². The van der Waals surface area contributed by atoms with Gasteiger partial charge in [0.15, 0.2) is 6.61 Å². The molecule has 128 valence electrons. The molecule has 0 radical (unpaired) electrons. The van der Waals surface area contributed by atoms with Gasteiger partial charge in [-0.1, -0.05) is 15.9 Å². The van der Waals surface area contributed by atoms with E-state index in [1.165, 1.54) is 0 Å². The molecule has 0 aliphatic rings. The third-order valence-electron chi connectivity index (χ3n) is 3.68. The number of ether oxygens (including phenoxy) is 1. The minimum Gasteiger partial charge on any atom is -0.452 e. The Kier molecular flexibility index (Phi) is 5.83. The summed E-state index contributed by atoms with van der Waals surface area (Å²) in [5.41, 5.74) is 2.99. The van der Waals surface area contributed by atoms with Gasteiger partial charge in [-0.25, -0.2) is 4.79 Å². The number of rotatable bonds is 5. The number of aromatic nitrogens is 1. The van der Waals surface area contributed by atoms with Gasteiger partial charge < -0.3 is 14.6 Å². The molecule has 0 bridgehead atoms. The maximum absolute atomic E-state index is 12.2. The van der Waals surface area contributed by atoms with Gasteiger partial charge in [-0.15, -0.1) is 0 Å². The van der Waals surface area contributed by atoms with Crippen LogP contribution in [0.15, 0.2) is 34.8 Å². The molecule has 1 N–H and O–H groups in total. The topological polar surface area (TPSA) is 60.3 Å². The zero-order valence-electron chi connectivity index (χ0n) is 14.2. The lowest BCUT2D eigenvalue weighted by Gasteiger charge is -2.13. The predicted octanol–water partition coefficient (Wildman–Crippen LogP) is 4.24. The summed E-state index contributed by atoms with van der Waals surface area (Å²) in [5, 5.41) is 2.68. The van der Waals surface area contributed by atoms with Crippen LogP contribution in [0.25, 0.3) is 0 Å². The first kappa shape index (κ1) is 18.3. The predicted molar refractivity (Wildman–Crippen MR) is 97.3 cm³/mol. The molecule has 5 nitrogen and oxygen atoms in total. The van der Waals surface area contributed by atoms with Crippen LogP contribution < -0.4 is 5.32 Å². The Hall–Kier alpha value is -2.08. The number of nitrogens with one attached hydrogen (secondary N) is 1. The summed E-state index contributed by atoms with van der Waals surface area (Å²) in [7, 11) is 0. The second-order valence-corrected chi connectivity index (χ2v) is 6.80. The zero-order chi connectivity index (χ0) is 17.9.